The molecular formula is C18H20N2O3. The second kappa shape index (κ2) is 7.45. The van der Waals surface area contributed by atoms with Gasteiger partial charge in [0.2, 0.25) is 0 Å². The van der Waals surface area contributed by atoms with Crippen molar-refractivity contribution in [3.05, 3.63) is 75.7 Å². The Bertz CT molecular complexity index is 764. The summed E-state index contributed by atoms with van der Waals surface area (Å²) in [5.74, 6) is -0.633. The number of pyridine rings is 1. The molecule has 0 spiro atoms. The van der Waals surface area contributed by atoms with E-state index in [-0.39, 0.29) is 12.2 Å². The summed E-state index contributed by atoms with van der Waals surface area (Å²) in [6.07, 6.45) is 0. The Morgan fingerprint density at radius 1 is 1.26 bits per heavy atom. The average Bonchev–Trinajstić information content (AvgIpc) is 2.54. The molecule has 0 aliphatic rings. The largest absolute Gasteiger partial charge is 0.462 e. The van der Waals surface area contributed by atoms with Gasteiger partial charge in [-0.15, -0.1) is 0 Å². The van der Waals surface area contributed by atoms with Gasteiger partial charge >= 0.3 is 5.97 Å². The van der Waals surface area contributed by atoms with Crippen LogP contribution in [0.15, 0.2) is 47.8 Å². The third kappa shape index (κ3) is 4.10. The van der Waals surface area contributed by atoms with Crippen molar-refractivity contribution >= 4 is 11.7 Å². The van der Waals surface area contributed by atoms with Crippen LogP contribution in [0.1, 0.15) is 34.1 Å². The second-order valence-corrected chi connectivity index (χ2v) is 5.09. The standard InChI is InChI=1S/C18H20N2O3/c1-4-23-18(22)16-10-15(13(3)20-17(16)21)12(2)19-11-14-8-6-5-7-9-14/h5-10,19H,2,4,11H2,1,3H3,(H,20,21). The number of ether oxygens (including phenoxy) is 1. The van der Waals surface area contributed by atoms with Crippen molar-refractivity contribution in [3.63, 3.8) is 0 Å². The van der Waals surface area contributed by atoms with Crippen molar-refractivity contribution in [2.75, 3.05) is 6.61 Å². The molecule has 1 aromatic heterocycles. The fourth-order valence-electron chi connectivity index (χ4n) is 2.20. The fraction of sp³-hybridized carbons (Fsp3) is 0.222. The number of aryl methyl sites for hydroxylation is 1. The quantitative estimate of drug-likeness (QED) is 0.804. The van der Waals surface area contributed by atoms with Gasteiger partial charge in [-0.1, -0.05) is 36.9 Å². The fourth-order valence-corrected chi connectivity index (χ4v) is 2.20. The van der Waals surface area contributed by atoms with E-state index in [1.165, 1.54) is 6.07 Å². The molecule has 0 bridgehead atoms. The lowest BCUT2D eigenvalue weighted by Gasteiger charge is -2.13. The number of hydrogen-bond donors (Lipinski definition) is 2. The number of rotatable bonds is 6. The molecule has 5 heteroatoms. The van der Waals surface area contributed by atoms with Gasteiger partial charge < -0.3 is 15.0 Å². The third-order valence-electron chi connectivity index (χ3n) is 3.41. The SMILES string of the molecule is C=C(NCc1ccccc1)c1cc(C(=O)OCC)c(=O)[nH]c1C. The molecule has 2 rings (SSSR count). The zero-order valence-corrected chi connectivity index (χ0v) is 13.3. The highest BCUT2D eigenvalue weighted by atomic mass is 16.5. The molecule has 0 atom stereocenters. The van der Waals surface area contributed by atoms with E-state index < -0.39 is 11.5 Å². The van der Waals surface area contributed by atoms with E-state index in [1.54, 1.807) is 13.8 Å². The van der Waals surface area contributed by atoms with Gasteiger partial charge in [0, 0.05) is 23.5 Å². The summed E-state index contributed by atoms with van der Waals surface area (Å²) in [6, 6.07) is 11.4. The number of hydrogen-bond acceptors (Lipinski definition) is 4. The van der Waals surface area contributed by atoms with E-state index in [2.05, 4.69) is 16.9 Å². The molecular weight excluding hydrogens is 292 g/mol. The Kier molecular flexibility index (Phi) is 5.36. The van der Waals surface area contributed by atoms with Crippen molar-refractivity contribution in [2.45, 2.75) is 20.4 Å². The van der Waals surface area contributed by atoms with Crippen LogP contribution in [0.2, 0.25) is 0 Å². The number of carbonyl (C=O) groups is 1. The molecule has 0 radical (unpaired) electrons. The summed E-state index contributed by atoms with van der Waals surface area (Å²) in [4.78, 5) is 26.4. The minimum absolute atomic E-state index is 0.0184. The van der Waals surface area contributed by atoms with E-state index in [0.717, 1.165) is 5.56 Å². The van der Waals surface area contributed by atoms with Gasteiger partial charge in [-0.05, 0) is 25.5 Å². The minimum Gasteiger partial charge on any atom is -0.462 e. The Balaban J connectivity index is 2.21. The van der Waals surface area contributed by atoms with Crippen LogP contribution in [0.5, 0.6) is 0 Å². The summed E-state index contributed by atoms with van der Waals surface area (Å²) < 4.78 is 4.90. The van der Waals surface area contributed by atoms with Gasteiger partial charge in [0.15, 0.2) is 0 Å². The summed E-state index contributed by atoms with van der Waals surface area (Å²) in [5, 5.41) is 3.21. The summed E-state index contributed by atoms with van der Waals surface area (Å²) in [7, 11) is 0. The molecule has 5 nitrogen and oxygen atoms in total. The maximum absolute atomic E-state index is 11.9. The van der Waals surface area contributed by atoms with Gasteiger partial charge in [-0.2, -0.15) is 0 Å². The second-order valence-electron chi connectivity index (χ2n) is 5.09. The van der Waals surface area contributed by atoms with E-state index in [9.17, 15) is 9.59 Å². The van der Waals surface area contributed by atoms with Crippen LogP contribution in [0.4, 0.5) is 0 Å². The molecule has 23 heavy (non-hydrogen) atoms. The van der Waals surface area contributed by atoms with E-state index in [4.69, 9.17) is 4.74 Å². The molecule has 1 heterocycles. The molecule has 0 aliphatic carbocycles. The van der Waals surface area contributed by atoms with Crippen molar-refractivity contribution in [2.24, 2.45) is 0 Å². The first kappa shape index (κ1) is 16.5. The van der Waals surface area contributed by atoms with E-state index in [0.29, 0.717) is 23.5 Å². The monoisotopic (exact) mass is 312 g/mol. The molecule has 120 valence electrons. The highest BCUT2D eigenvalue weighted by Gasteiger charge is 2.15. The van der Waals surface area contributed by atoms with Gasteiger partial charge in [-0.25, -0.2) is 4.79 Å². The molecule has 0 unspecified atom stereocenters. The molecule has 2 N–H and O–H groups in total. The highest BCUT2D eigenvalue weighted by molar-refractivity contribution is 5.90. The van der Waals surface area contributed by atoms with Crippen LogP contribution in [0.3, 0.4) is 0 Å². The molecule has 0 amide bonds. The normalized spacial score (nSPS) is 10.2. The molecule has 0 aliphatic heterocycles. The number of H-pyrrole nitrogens is 1. The third-order valence-corrected chi connectivity index (χ3v) is 3.41. The van der Waals surface area contributed by atoms with Crippen molar-refractivity contribution < 1.29 is 9.53 Å². The first-order chi connectivity index (χ1) is 11.0. The summed E-state index contributed by atoms with van der Waals surface area (Å²) in [6.45, 7) is 8.27. The molecule has 1 aromatic carbocycles. The number of aromatic nitrogens is 1. The van der Waals surface area contributed by atoms with Crippen molar-refractivity contribution in [3.8, 4) is 0 Å². The van der Waals surface area contributed by atoms with Crippen LogP contribution in [0, 0.1) is 6.92 Å². The molecule has 0 saturated heterocycles. The number of benzene rings is 1. The van der Waals surface area contributed by atoms with Crippen LogP contribution in [-0.2, 0) is 11.3 Å². The smallest absolute Gasteiger partial charge is 0.343 e. The molecule has 0 fully saturated rings. The zero-order chi connectivity index (χ0) is 16.8. The van der Waals surface area contributed by atoms with Crippen molar-refractivity contribution in [1.82, 2.24) is 10.3 Å². The topological polar surface area (TPSA) is 71.2 Å². The van der Waals surface area contributed by atoms with Gasteiger partial charge in [0.25, 0.3) is 5.56 Å². The average molecular weight is 312 g/mol. The molecule has 0 saturated carbocycles. The summed E-state index contributed by atoms with van der Waals surface area (Å²) in [5.41, 5.74) is 2.60. The number of nitrogens with one attached hydrogen (secondary N) is 2. The van der Waals surface area contributed by atoms with Crippen LogP contribution >= 0.6 is 0 Å². The van der Waals surface area contributed by atoms with Crippen molar-refractivity contribution in [1.29, 1.82) is 0 Å². The summed E-state index contributed by atoms with van der Waals surface area (Å²) >= 11 is 0. The lowest BCUT2D eigenvalue weighted by atomic mass is 10.1. The van der Waals surface area contributed by atoms with E-state index in [1.807, 2.05) is 30.3 Å². The lowest BCUT2D eigenvalue weighted by Crippen LogP contribution is -2.23. The van der Waals surface area contributed by atoms with E-state index >= 15 is 0 Å². The zero-order valence-electron chi connectivity index (χ0n) is 13.3. The highest BCUT2D eigenvalue weighted by Crippen LogP contribution is 2.14. The van der Waals surface area contributed by atoms with Gasteiger partial charge in [0.05, 0.1) is 6.61 Å². The van der Waals surface area contributed by atoms with Crippen LogP contribution in [0.25, 0.3) is 5.70 Å². The predicted octanol–water partition coefficient (Wildman–Crippen LogP) is 2.62. The number of aromatic amines is 1. The Morgan fingerprint density at radius 3 is 2.61 bits per heavy atom. The van der Waals surface area contributed by atoms with Gasteiger partial charge in [0.1, 0.15) is 5.56 Å². The first-order valence-electron chi connectivity index (χ1n) is 7.41. The predicted molar refractivity (Wildman–Crippen MR) is 90.1 cm³/mol. The maximum atomic E-state index is 11.9. The first-order valence-corrected chi connectivity index (χ1v) is 7.41. The number of carbonyl (C=O) groups excluding carboxylic acids is 1. The van der Waals surface area contributed by atoms with Crippen LogP contribution < -0.4 is 10.9 Å². The molecule has 2 aromatic rings. The maximum Gasteiger partial charge on any atom is 0.343 e. The minimum atomic E-state index is -0.633. The Morgan fingerprint density at radius 2 is 1.96 bits per heavy atom. The number of esters is 1. The van der Waals surface area contributed by atoms with Gasteiger partial charge in [-0.3, -0.25) is 4.79 Å². The Hall–Kier alpha value is -2.82. The van der Waals surface area contributed by atoms with Crippen LogP contribution in [-0.4, -0.2) is 17.6 Å². The lowest BCUT2D eigenvalue weighted by molar-refractivity contribution is 0.0524. The Labute approximate surface area is 135 Å².